The van der Waals surface area contributed by atoms with Crippen LogP contribution in [0.4, 0.5) is 11.5 Å². The quantitative estimate of drug-likeness (QED) is 0.843. The number of hydrogen-bond donors (Lipinski definition) is 0. The molecule has 2 aromatic rings. The van der Waals surface area contributed by atoms with Gasteiger partial charge >= 0.3 is 0 Å². The normalized spacial score (nSPS) is 18.1. The Hall–Kier alpha value is -2.43. The van der Waals surface area contributed by atoms with E-state index < -0.39 is 0 Å². The van der Waals surface area contributed by atoms with Crippen molar-refractivity contribution >= 4 is 17.4 Å². The monoisotopic (exact) mass is 336 g/mol. The molecule has 5 nitrogen and oxygen atoms in total. The van der Waals surface area contributed by atoms with Crippen LogP contribution in [0.25, 0.3) is 0 Å². The molecule has 1 aromatic carbocycles. The maximum absolute atomic E-state index is 12.8. The summed E-state index contributed by atoms with van der Waals surface area (Å²) in [7, 11) is 0. The van der Waals surface area contributed by atoms with Crippen molar-refractivity contribution in [2.24, 2.45) is 5.92 Å². The van der Waals surface area contributed by atoms with Crippen molar-refractivity contribution in [1.82, 2.24) is 14.9 Å². The lowest BCUT2D eigenvalue weighted by Crippen LogP contribution is -2.38. The maximum Gasteiger partial charge on any atom is 0.272 e. The van der Waals surface area contributed by atoms with E-state index in [4.69, 9.17) is 0 Å². The van der Waals surface area contributed by atoms with E-state index in [0.29, 0.717) is 11.6 Å². The standard InChI is InChI=1S/C20H24N4O/c1-15-8-11-23(12-9-15)20(25)17-13-19(22-14-21-17)24-10-4-6-16-5-2-3-7-18(16)24/h2-3,5,7,13-15H,4,6,8-12H2,1H3. The molecule has 0 bridgehead atoms. The third-order valence-corrected chi connectivity index (χ3v) is 5.33. The number of aromatic nitrogens is 2. The fourth-order valence-electron chi connectivity index (χ4n) is 3.76. The van der Waals surface area contributed by atoms with Crippen LogP contribution in [0.2, 0.25) is 0 Å². The first kappa shape index (κ1) is 16.1. The van der Waals surface area contributed by atoms with E-state index in [9.17, 15) is 4.79 Å². The lowest BCUT2D eigenvalue weighted by Gasteiger charge is -2.31. The number of anilines is 2. The summed E-state index contributed by atoms with van der Waals surface area (Å²) in [6, 6.07) is 10.3. The highest BCUT2D eigenvalue weighted by molar-refractivity contribution is 5.93. The Labute approximate surface area is 148 Å². The zero-order valence-electron chi connectivity index (χ0n) is 14.7. The summed E-state index contributed by atoms with van der Waals surface area (Å²) in [5.74, 6) is 1.55. The van der Waals surface area contributed by atoms with Crippen LogP contribution in [0.3, 0.4) is 0 Å². The van der Waals surface area contributed by atoms with Gasteiger partial charge in [-0.2, -0.15) is 0 Å². The van der Waals surface area contributed by atoms with Gasteiger partial charge in [-0.1, -0.05) is 25.1 Å². The van der Waals surface area contributed by atoms with Crippen LogP contribution in [-0.2, 0) is 6.42 Å². The molecule has 4 rings (SSSR count). The zero-order valence-corrected chi connectivity index (χ0v) is 14.7. The molecule has 1 saturated heterocycles. The van der Waals surface area contributed by atoms with Gasteiger partial charge in [0.2, 0.25) is 0 Å². The molecular weight excluding hydrogens is 312 g/mol. The van der Waals surface area contributed by atoms with Gasteiger partial charge in [0.1, 0.15) is 17.8 Å². The lowest BCUT2D eigenvalue weighted by atomic mass is 9.99. The molecule has 1 amide bonds. The molecule has 1 fully saturated rings. The van der Waals surface area contributed by atoms with Crippen molar-refractivity contribution in [3.05, 3.63) is 47.9 Å². The number of rotatable bonds is 2. The van der Waals surface area contributed by atoms with E-state index in [1.807, 2.05) is 11.0 Å². The van der Waals surface area contributed by atoms with Crippen LogP contribution in [-0.4, -0.2) is 40.4 Å². The Kier molecular flexibility index (Phi) is 4.38. The predicted molar refractivity (Wildman–Crippen MR) is 98.1 cm³/mol. The molecule has 2 aliphatic heterocycles. The minimum atomic E-state index is 0.0286. The molecule has 0 atom stereocenters. The Bertz CT molecular complexity index is 768. The average Bonchev–Trinajstić information content (AvgIpc) is 2.68. The number of piperidine rings is 1. The van der Waals surface area contributed by atoms with Gasteiger partial charge in [0.05, 0.1) is 0 Å². The van der Waals surface area contributed by atoms with Gasteiger partial charge < -0.3 is 9.80 Å². The summed E-state index contributed by atoms with van der Waals surface area (Å²) < 4.78 is 0. The Morgan fingerprint density at radius 1 is 1.12 bits per heavy atom. The third kappa shape index (κ3) is 3.23. The summed E-state index contributed by atoms with van der Waals surface area (Å²) in [6.45, 7) is 4.82. The van der Waals surface area contributed by atoms with E-state index in [2.05, 4.69) is 46.1 Å². The van der Waals surface area contributed by atoms with Crippen molar-refractivity contribution in [3.8, 4) is 0 Å². The maximum atomic E-state index is 12.8. The van der Waals surface area contributed by atoms with E-state index in [0.717, 1.165) is 51.1 Å². The number of nitrogens with zero attached hydrogens (tertiary/aromatic N) is 4. The molecule has 0 spiro atoms. The van der Waals surface area contributed by atoms with Crippen LogP contribution in [0.5, 0.6) is 0 Å². The Morgan fingerprint density at radius 2 is 1.92 bits per heavy atom. The minimum absolute atomic E-state index is 0.0286. The van der Waals surface area contributed by atoms with Crippen molar-refractivity contribution in [1.29, 1.82) is 0 Å². The Balaban J connectivity index is 1.59. The fraction of sp³-hybridized carbons (Fsp3) is 0.450. The van der Waals surface area contributed by atoms with Gasteiger partial charge in [-0.05, 0) is 43.2 Å². The zero-order chi connectivity index (χ0) is 17.2. The van der Waals surface area contributed by atoms with Crippen molar-refractivity contribution in [3.63, 3.8) is 0 Å². The predicted octanol–water partition coefficient (Wildman–Crippen LogP) is 3.43. The third-order valence-electron chi connectivity index (χ3n) is 5.33. The van der Waals surface area contributed by atoms with Gasteiger partial charge in [0, 0.05) is 31.4 Å². The van der Waals surface area contributed by atoms with Crippen molar-refractivity contribution in [2.45, 2.75) is 32.6 Å². The van der Waals surface area contributed by atoms with Crippen LogP contribution in [0.15, 0.2) is 36.7 Å². The number of likely N-dealkylation sites (tertiary alicyclic amines) is 1. The van der Waals surface area contributed by atoms with E-state index in [1.165, 1.54) is 17.6 Å². The fourth-order valence-corrected chi connectivity index (χ4v) is 3.76. The number of amides is 1. The van der Waals surface area contributed by atoms with Crippen molar-refractivity contribution in [2.75, 3.05) is 24.5 Å². The number of aryl methyl sites for hydroxylation is 1. The van der Waals surface area contributed by atoms with Crippen molar-refractivity contribution < 1.29 is 4.79 Å². The number of hydrogen-bond acceptors (Lipinski definition) is 4. The molecule has 25 heavy (non-hydrogen) atoms. The summed E-state index contributed by atoms with van der Waals surface area (Å²) in [6.07, 6.45) is 5.85. The molecule has 0 N–H and O–H groups in total. The molecule has 2 aliphatic rings. The molecule has 0 aliphatic carbocycles. The summed E-state index contributed by atoms with van der Waals surface area (Å²) in [5, 5.41) is 0. The first-order valence-corrected chi connectivity index (χ1v) is 9.19. The molecular formula is C20H24N4O. The van der Waals surface area contributed by atoms with E-state index >= 15 is 0 Å². The molecule has 1 aromatic heterocycles. The summed E-state index contributed by atoms with van der Waals surface area (Å²) in [4.78, 5) is 25.6. The number of benzene rings is 1. The lowest BCUT2D eigenvalue weighted by molar-refractivity contribution is 0.0691. The van der Waals surface area contributed by atoms with E-state index in [1.54, 1.807) is 0 Å². The van der Waals surface area contributed by atoms with E-state index in [-0.39, 0.29) is 5.91 Å². The van der Waals surface area contributed by atoms with Gasteiger partial charge in [-0.15, -0.1) is 0 Å². The number of para-hydroxylation sites is 1. The SMILES string of the molecule is CC1CCN(C(=O)c2cc(N3CCCc4ccccc43)ncn2)CC1. The van der Waals surface area contributed by atoms with Crippen LogP contribution in [0, 0.1) is 5.92 Å². The molecule has 0 unspecified atom stereocenters. The highest BCUT2D eigenvalue weighted by Crippen LogP contribution is 2.32. The van der Waals surface area contributed by atoms with Gasteiger partial charge in [-0.3, -0.25) is 4.79 Å². The van der Waals surface area contributed by atoms with Crippen LogP contribution in [0.1, 0.15) is 42.2 Å². The summed E-state index contributed by atoms with van der Waals surface area (Å²) in [5.41, 5.74) is 3.03. The topological polar surface area (TPSA) is 49.3 Å². The summed E-state index contributed by atoms with van der Waals surface area (Å²) >= 11 is 0. The van der Waals surface area contributed by atoms with Gasteiger partial charge in [0.15, 0.2) is 0 Å². The largest absolute Gasteiger partial charge is 0.337 e. The highest BCUT2D eigenvalue weighted by atomic mass is 16.2. The first-order valence-electron chi connectivity index (χ1n) is 9.19. The number of fused-ring (bicyclic) bond motifs is 1. The Morgan fingerprint density at radius 3 is 2.76 bits per heavy atom. The minimum Gasteiger partial charge on any atom is -0.337 e. The second-order valence-electron chi connectivity index (χ2n) is 7.12. The molecule has 0 radical (unpaired) electrons. The smallest absolute Gasteiger partial charge is 0.272 e. The second kappa shape index (κ2) is 6.82. The second-order valence-corrected chi connectivity index (χ2v) is 7.12. The number of carbonyl (C=O) groups excluding carboxylic acids is 1. The van der Waals surface area contributed by atoms with Crippen LogP contribution >= 0.6 is 0 Å². The average molecular weight is 336 g/mol. The number of carbonyl (C=O) groups is 1. The first-order chi connectivity index (χ1) is 12.2. The van der Waals surface area contributed by atoms with Crippen LogP contribution < -0.4 is 4.90 Å². The highest BCUT2D eigenvalue weighted by Gasteiger charge is 2.24. The molecule has 130 valence electrons. The molecule has 5 heteroatoms. The molecule has 3 heterocycles. The van der Waals surface area contributed by atoms with Gasteiger partial charge in [-0.25, -0.2) is 9.97 Å². The molecule has 0 saturated carbocycles. The van der Waals surface area contributed by atoms with Gasteiger partial charge in [0.25, 0.3) is 5.91 Å².